The lowest BCUT2D eigenvalue weighted by atomic mass is 10.1. The van der Waals surface area contributed by atoms with Crippen LogP contribution in [-0.4, -0.2) is 45.9 Å². The smallest absolute Gasteiger partial charge is 0.191 e. The van der Waals surface area contributed by atoms with Gasteiger partial charge in [-0.25, -0.2) is 8.78 Å². The molecule has 0 saturated carbocycles. The first kappa shape index (κ1) is 23.3. The summed E-state index contributed by atoms with van der Waals surface area (Å²) in [5, 5.41) is 6.31. The van der Waals surface area contributed by atoms with Gasteiger partial charge >= 0.3 is 0 Å². The van der Waals surface area contributed by atoms with Crippen LogP contribution < -0.4 is 15.5 Å². The fourth-order valence-corrected chi connectivity index (χ4v) is 3.14. The molecule has 1 heterocycles. The number of rotatable bonds is 6. The highest BCUT2D eigenvalue weighted by Crippen LogP contribution is 2.21. The van der Waals surface area contributed by atoms with Crippen molar-refractivity contribution in [3.8, 4) is 0 Å². The molecule has 1 saturated heterocycles. The fraction of sp³-hybridized carbons (Fsp3) is 0.381. The first-order chi connectivity index (χ1) is 13.7. The van der Waals surface area contributed by atoms with Crippen LogP contribution in [-0.2, 0) is 17.7 Å². The van der Waals surface area contributed by atoms with Gasteiger partial charge in [0.1, 0.15) is 11.6 Å². The number of nitrogens with one attached hydrogen (secondary N) is 2. The summed E-state index contributed by atoms with van der Waals surface area (Å²) in [6.45, 7) is 3.64. The third-order valence-corrected chi connectivity index (χ3v) is 4.69. The van der Waals surface area contributed by atoms with Crippen LogP contribution in [0, 0.1) is 11.6 Å². The van der Waals surface area contributed by atoms with E-state index in [1.807, 2.05) is 23.1 Å². The first-order valence-electron chi connectivity index (χ1n) is 9.46. The lowest BCUT2D eigenvalue weighted by molar-refractivity contribution is 0.122. The maximum absolute atomic E-state index is 14.5. The molecule has 0 spiro atoms. The van der Waals surface area contributed by atoms with Gasteiger partial charge in [-0.3, -0.25) is 4.99 Å². The largest absolute Gasteiger partial charge is 0.378 e. The predicted octanol–water partition coefficient (Wildman–Crippen LogP) is 3.33. The van der Waals surface area contributed by atoms with Crippen LogP contribution in [0.4, 0.5) is 14.5 Å². The molecule has 3 rings (SSSR count). The van der Waals surface area contributed by atoms with Crippen molar-refractivity contribution in [2.75, 3.05) is 44.8 Å². The van der Waals surface area contributed by atoms with Crippen molar-refractivity contribution in [2.24, 2.45) is 4.99 Å². The third-order valence-electron chi connectivity index (χ3n) is 4.69. The molecule has 2 aromatic rings. The normalized spacial score (nSPS) is 14.3. The number of hydrogen-bond acceptors (Lipinski definition) is 3. The van der Waals surface area contributed by atoms with Gasteiger partial charge in [-0.1, -0.05) is 24.3 Å². The van der Waals surface area contributed by atoms with Gasteiger partial charge in [0.25, 0.3) is 0 Å². The minimum atomic E-state index is -0.233. The van der Waals surface area contributed by atoms with Crippen molar-refractivity contribution in [1.82, 2.24) is 10.6 Å². The minimum absolute atomic E-state index is 0. The molecule has 0 aliphatic carbocycles. The maximum atomic E-state index is 14.5. The highest BCUT2D eigenvalue weighted by atomic mass is 127. The van der Waals surface area contributed by atoms with E-state index < -0.39 is 0 Å². The van der Waals surface area contributed by atoms with E-state index in [1.165, 1.54) is 6.07 Å². The summed E-state index contributed by atoms with van der Waals surface area (Å²) >= 11 is 0. The molecule has 8 heteroatoms. The molecular weight excluding hydrogens is 489 g/mol. The number of benzene rings is 2. The van der Waals surface area contributed by atoms with Crippen LogP contribution in [0.25, 0.3) is 0 Å². The predicted molar refractivity (Wildman–Crippen MR) is 123 cm³/mol. The van der Waals surface area contributed by atoms with Crippen LogP contribution in [0.15, 0.2) is 47.5 Å². The number of aliphatic imine (C=N–C) groups is 1. The molecule has 2 N–H and O–H groups in total. The van der Waals surface area contributed by atoms with Crippen molar-refractivity contribution in [3.05, 3.63) is 65.2 Å². The van der Waals surface area contributed by atoms with E-state index in [9.17, 15) is 8.78 Å². The topological polar surface area (TPSA) is 48.9 Å². The number of ether oxygens (including phenoxy) is 1. The molecule has 29 heavy (non-hydrogen) atoms. The summed E-state index contributed by atoms with van der Waals surface area (Å²) in [6.07, 6.45) is 0.552. The van der Waals surface area contributed by atoms with E-state index in [0.717, 1.165) is 5.56 Å². The van der Waals surface area contributed by atoms with E-state index in [2.05, 4.69) is 15.6 Å². The maximum Gasteiger partial charge on any atom is 0.191 e. The summed E-state index contributed by atoms with van der Waals surface area (Å²) in [5.74, 6) is 0.154. The monoisotopic (exact) mass is 516 g/mol. The molecule has 0 unspecified atom stereocenters. The van der Waals surface area contributed by atoms with Crippen molar-refractivity contribution >= 4 is 35.6 Å². The van der Waals surface area contributed by atoms with Gasteiger partial charge in [0.2, 0.25) is 0 Å². The zero-order chi connectivity index (χ0) is 19.8. The third kappa shape index (κ3) is 6.81. The summed E-state index contributed by atoms with van der Waals surface area (Å²) < 4.78 is 33.4. The second kappa shape index (κ2) is 11.9. The quantitative estimate of drug-likeness (QED) is 0.352. The lowest BCUT2D eigenvalue weighted by Gasteiger charge is -2.29. The molecule has 0 aromatic heterocycles. The second-order valence-corrected chi connectivity index (χ2v) is 6.58. The van der Waals surface area contributed by atoms with Crippen molar-refractivity contribution < 1.29 is 13.5 Å². The van der Waals surface area contributed by atoms with Crippen LogP contribution in [0.3, 0.4) is 0 Å². The molecule has 2 aromatic carbocycles. The Kier molecular flexibility index (Phi) is 9.59. The highest BCUT2D eigenvalue weighted by molar-refractivity contribution is 14.0. The zero-order valence-corrected chi connectivity index (χ0v) is 18.8. The molecule has 0 amide bonds. The number of halogens is 3. The molecule has 158 valence electrons. The van der Waals surface area contributed by atoms with Crippen LogP contribution >= 0.6 is 24.0 Å². The molecule has 0 radical (unpaired) electrons. The van der Waals surface area contributed by atoms with E-state index >= 15 is 0 Å². The summed E-state index contributed by atoms with van der Waals surface area (Å²) in [4.78, 5) is 6.15. The van der Waals surface area contributed by atoms with Crippen molar-refractivity contribution in [2.45, 2.75) is 13.0 Å². The fourth-order valence-electron chi connectivity index (χ4n) is 3.14. The van der Waals surface area contributed by atoms with E-state index in [1.54, 1.807) is 25.2 Å². The molecule has 0 bridgehead atoms. The van der Waals surface area contributed by atoms with E-state index in [4.69, 9.17) is 4.74 Å². The molecule has 1 aliphatic rings. The van der Waals surface area contributed by atoms with Crippen LogP contribution in [0.2, 0.25) is 0 Å². The van der Waals surface area contributed by atoms with E-state index in [-0.39, 0.29) is 35.6 Å². The Labute approximate surface area is 187 Å². The van der Waals surface area contributed by atoms with E-state index in [0.29, 0.717) is 63.0 Å². The SMILES string of the molecule is CN=C(NCCc1ccccc1F)NCc1ccc(N2CCOCC2)c(F)c1.I. The van der Waals surface area contributed by atoms with Crippen LogP contribution in [0.1, 0.15) is 11.1 Å². The highest BCUT2D eigenvalue weighted by Gasteiger charge is 2.15. The number of guanidine groups is 1. The molecule has 5 nitrogen and oxygen atoms in total. The average Bonchev–Trinajstić information content (AvgIpc) is 2.72. The summed E-state index contributed by atoms with van der Waals surface area (Å²) in [5.41, 5.74) is 2.09. The summed E-state index contributed by atoms with van der Waals surface area (Å²) in [6, 6.07) is 12.0. The Morgan fingerprint density at radius 2 is 1.83 bits per heavy atom. The van der Waals surface area contributed by atoms with Gasteiger partial charge in [0, 0.05) is 33.2 Å². The van der Waals surface area contributed by atoms with Crippen molar-refractivity contribution in [3.63, 3.8) is 0 Å². The number of anilines is 1. The molecular formula is C21H27F2IN4O. The Hall–Kier alpha value is -1.94. The van der Waals surface area contributed by atoms with Gasteiger partial charge in [-0.2, -0.15) is 0 Å². The summed E-state index contributed by atoms with van der Waals surface area (Å²) in [7, 11) is 1.67. The Morgan fingerprint density at radius 3 is 2.52 bits per heavy atom. The lowest BCUT2D eigenvalue weighted by Crippen LogP contribution is -2.38. The zero-order valence-electron chi connectivity index (χ0n) is 16.5. The molecule has 1 aliphatic heterocycles. The Morgan fingerprint density at radius 1 is 1.07 bits per heavy atom. The van der Waals surface area contributed by atoms with Gasteiger partial charge in [0.15, 0.2) is 5.96 Å². The second-order valence-electron chi connectivity index (χ2n) is 6.58. The van der Waals surface area contributed by atoms with Gasteiger partial charge < -0.3 is 20.3 Å². The van der Waals surface area contributed by atoms with Crippen LogP contribution in [0.5, 0.6) is 0 Å². The number of hydrogen-bond donors (Lipinski definition) is 2. The number of morpholine rings is 1. The minimum Gasteiger partial charge on any atom is -0.378 e. The standard InChI is InChI=1S/C21H26F2N4O.HI/c1-24-21(25-9-8-17-4-2-3-5-18(17)22)26-15-16-6-7-20(19(23)14-16)27-10-12-28-13-11-27;/h2-7,14H,8-13,15H2,1H3,(H2,24,25,26);1H. The Balaban J connectivity index is 0.00000300. The molecule has 0 atom stereocenters. The van der Waals surface area contributed by atoms with Crippen molar-refractivity contribution in [1.29, 1.82) is 0 Å². The first-order valence-corrected chi connectivity index (χ1v) is 9.46. The van der Waals surface area contributed by atoms with Gasteiger partial charge in [-0.05, 0) is 35.7 Å². The average molecular weight is 516 g/mol. The van der Waals surface area contributed by atoms with Gasteiger partial charge in [0.05, 0.1) is 18.9 Å². The molecule has 1 fully saturated rings. The Bertz CT molecular complexity index is 813. The number of nitrogens with zero attached hydrogens (tertiary/aromatic N) is 2. The van der Waals surface area contributed by atoms with Gasteiger partial charge in [-0.15, -0.1) is 24.0 Å².